The van der Waals surface area contributed by atoms with Crippen molar-refractivity contribution in [2.45, 2.75) is 57.2 Å². The number of fused-ring (bicyclic) bond motifs is 2. The summed E-state index contributed by atoms with van der Waals surface area (Å²) in [7, 11) is 0. The molecule has 2 nitrogen and oxygen atoms in total. The third-order valence-electron chi connectivity index (χ3n) is 4.00. The summed E-state index contributed by atoms with van der Waals surface area (Å²) in [6, 6.07) is 9.81. The van der Waals surface area contributed by atoms with Gasteiger partial charge in [0.2, 0.25) is 0 Å². The van der Waals surface area contributed by atoms with Gasteiger partial charge in [-0.2, -0.15) is 0 Å². The smallest absolute Gasteiger partial charge is 0.119 e. The van der Waals surface area contributed by atoms with Crippen LogP contribution in [0.2, 0.25) is 0 Å². The van der Waals surface area contributed by atoms with Crippen LogP contribution >= 0.6 is 0 Å². The Morgan fingerprint density at radius 1 is 1.06 bits per heavy atom. The van der Waals surface area contributed by atoms with Gasteiger partial charge in [0.15, 0.2) is 0 Å². The fraction of sp³-hybridized carbons (Fsp3) is 0.600. The largest absolute Gasteiger partial charge is 0.490 e. The Hall–Kier alpha value is -1.02. The summed E-state index contributed by atoms with van der Waals surface area (Å²) in [6.07, 6.45) is 6.79. The molecule has 2 bridgehead atoms. The molecule has 0 unspecified atom stereocenters. The Morgan fingerprint density at radius 2 is 1.71 bits per heavy atom. The van der Waals surface area contributed by atoms with Gasteiger partial charge in [-0.1, -0.05) is 24.1 Å². The maximum atomic E-state index is 6.11. The molecule has 2 fully saturated rings. The number of piperidine rings is 2. The molecule has 1 aromatic carbocycles. The highest BCUT2D eigenvalue weighted by atomic mass is 16.5. The highest BCUT2D eigenvalue weighted by Crippen LogP contribution is 2.28. The number of nitrogens with one attached hydrogen (secondary N) is 1. The Labute approximate surface area is 103 Å². The molecule has 0 spiro atoms. The fourth-order valence-electron chi connectivity index (χ4n) is 3.12. The molecular formula is C15H21NO. The summed E-state index contributed by atoms with van der Waals surface area (Å²) in [5.41, 5.74) is 1.29. The summed E-state index contributed by atoms with van der Waals surface area (Å²) < 4.78 is 6.11. The van der Waals surface area contributed by atoms with Crippen molar-refractivity contribution in [3.8, 4) is 5.75 Å². The van der Waals surface area contributed by atoms with Crippen LogP contribution in [0.4, 0.5) is 0 Å². The van der Waals surface area contributed by atoms with Gasteiger partial charge >= 0.3 is 0 Å². The second kappa shape index (κ2) is 4.69. The molecule has 0 saturated carbocycles. The van der Waals surface area contributed by atoms with Crippen molar-refractivity contribution in [2.75, 3.05) is 0 Å². The summed E-state index contributed by atoms with van der Waals surface area (Å²) in [5, 5.41) is 3.70. The molecule has 2 saturated heterocycles. The Bertz CT molecular complexity index is 361. The zero-order valence-corrected chi connectivity index (χ0v) is 10.5. The first-order chi connectivity index (χ1) is 8.29. The number of hydrogen-bond donors (Lipinski definition) is 1. The molecule has 92 valence electrons. The molecule has 1 N–H and O–H groups in total. The standard InChI is InChI=1S/C15H21NO/c1-11-5-7-14(8-6-11)17-15-9-12-3-2-4-13(10-15)16-12/h5-8,12-13,15-16H,2-4,9-10H2,1H3/t12-,13+,15+. The summed E-state index contributed by atoms with van der Waals surface area (Å²) in [4.78, 5) is 0. The lowest BCUT2D eigenvalue weighted by Crippen LogP contribution is -2.51. The topological polar surface area (TPSA) is 21.3 Å². The fourth-order valence-corrected chi connectivity index (χ4v) is 3.12. The molecule has 1 aromatic rings. The van der Waals surface area contributed by atoms with Crippen molar-refractivity contribution in [2.24, 2.45) is 0 Å². The summed E-state index contributed by atoms with van der Waals surface area (Å²) in [6.45, 7) is 2.11. The van der Waals surface area contributed by atoms with Crippen molar-refractivity contribution in [3.05, 3.63) is 29.8 Å². The SMILES string of the molecule is Cc1ccc(O[C@H]2C[C@H]3CCC[C@@H](C2)N3)cc1. The lowest BCUT2D eigenvalue weighted by atomic mass is 9.85. The van der Waals surface area contributed by atoms with E-state index in [2.05, 4.69) is 36.5 Å². The Morgan fingerprint density at radius 3 is 2.35 bits per heavy atom. The van der Waals surface area contributed by atoms with E-state index in [9.17, 15) is 0 Å². The molecule has 17 heavy (non-hydrogen) atoms. The number of hydrogen-bond acceptors (Lipinski definition) is 2. The van der Waals surface area contributed by atoms with E-state index < -0.39 is 0 Å². The molecule has 0 radical (unpaired) electrons. The van der Waals surface area contributed by atoms with E-state index in [4.69, 9.17) is 4.74 Å². The van der Waals surface area contributed by atoms with E-state index in [0.717, 1.165) is 5.75 Å². The van der Waals surface area contributed by atoms with Gasteiger partial charge < -0.3 is 10.1 Å². The monoisotopic (exact) mass is 231 g/mol. The van der Waals surface area contributed by atoms with Gasteiger partial charge in [0.25, 0.3) is 0 Å². The van der Waals surface area contributed by atoms with Gasteiger partial charge in [0.05, 0.1) is 0 Å². The van der Waals surface area contributed by atoms with Crippen LogP contribution in [-0.2, 0) is 0 Å². The third-order valence-corrected chi connectivity index (χ3v) is 4.00. The van der Waals surface area contributed by atoms with E-state index in [1.54, 1.807) is 0 Å². The third kappa shape index (κ3) is 2.63. The first-order valence-electron chi connectivity index (χ1n) is 6.79. The highest BCUT2D eigenvalue weighted by Gasteiger charge is 2.32. The molecule has 0 aromatic heterocycles. The van der Waals surface area contributed by atoms with Crippen LogP contribution in [0.1, 0.15) is 37.7 Å². The quantitative estimate of drug-likeness (QED) is 0.844. The van der Waals surface area contributed by atoms with E-state index >= 15 is 0 Å². The zero-order valence-electron chi connectivity index (χ0n) is 10.5. The van der Waals surface area contributed by atoms with Crippen LogP contribution in [-0.4, -0.2) is 18.2 Å². The van der Waals surface area contributed by atoms with Gasteiger partial charge in [0, 0.05) is 12.1 Å². The van der Waals surface area contributed by atoms with Gasteiger partial charge in [-0.3, -0.25) is 0 Å². The maximum Gasteiger partial charge on any atom is 0.119 e. The van der Waals surface area contributed by atoms with Gasteiger partial charge in [-0.25, -0.2) is 0 Å². The van der Waals surface area contributed by atoms with Crippen molar-refractivity contribution in [1.29, 1.82) is 0 Å². The summed E-state index contributed by atoms with van der Waals surface area (Å²) in [5.74, 6) is 1.03. The van der Waals surface area contributed by atoms with Crippen LogP contribution in [0, 0.1) is 6.92 Å². The molecule has 3 rings (SSSR count). The average molecular weight is 231 g/mol. The lowest BCUT2D eigenvalue weighted by Gasteiger charge is -2.40. The first kappa shape index (κ1) is 11.1. The maximum absolute atomic E-state index is 6.11. The first-order valence-corrected chi connectivity index (χ1v) is 6.79. The van der Waals surface area contributed by atoms with Crippen molar-refractivity contribution in [1.82, 2.24) is 5.32 Å². The number of benzene rings is 1. The zero-order chi connectivity index (χ0) is 11.7. The minimum absolute atomic E-state index is 0.411. The molecule has 0 aliphatic carbocycles. The molecular weight excluding hydrogens is 210 g/mol. The second-order valence-electron chi connectivity index (χ2n) is 5.52. The van der Waals surface area contributed by atoms with Crippen LogP contribution in [0.15, 0.2) is 24.3 Å². The van der Waals surface area contributed by atoms with Crippen molar-refractivity contribution < 1.29 is 4.74 Å². The average Bonchev–Trinajstić information content (AvgIpc) is 2.32. The van der Waals surface area contributed by atoms with Gasteiger partial charge in [-0.15, -0.1) is 0 Å². The van der Waals surface area contributed by atoms with Gasteiger partial charge in [0.1, 0.15) is 11.9 Å². The van der Waals surface area contributed by atoms with E-state index in [0.29, 0.717) is 18.2 Å². The van der Waals surface area contributed by atoms with Crippen LogP contribution in [0.3, 0.4) is 0 Å². The number of ether oxygens (including phenoxy) is 1. The molecule has 3 atom stereocenters. The molecule has 2 aliphatic heterocycles. The molecule has 2 heterocycles. The molecule has 0 amide bonds. The van der Waals surface area contributed by atoms with Crippen molar-refractivity contribution in [3.63, 3.8) is 0 Å². The minimum atomic E-state index is 0.411. The predicted octanol–water partition coefficient (Wildman–Crippen LogP) is 3.05. The summed E-state index contributed by atoms with van der Waals surface area (Å²) >= 11 is 0. The van der Waals surface area contributed by atoms with Crippen LogP contribution in [0.25, 0.3) is 0 Å². The number of rotatable bonds is 2. The van der Waals surface area contributed by atoms with Crippen molar-refractivity contribution >= 4 is 0 Å². The van der Waals surface area contributed by atoms with E-state index in [1.807, 2.05) is 0 Å². The van der Waals surface area contributed by atoms with Gasteiger partial charge in [-0.05, 0) is 44.7 Å². The predicted molar refractivity (Wildman–Crippen MR) is 69.4 cm³/mol. The number of aryl methyl sites for hydroxylation is 1. The van der Waals surface area contributed by atoms with Crippen LogP contribution in [0.5, 0.6) is 5.75 Å². The Kier molecular flexibility index (Phi) is 3.06. The molecule has 2 heteroatoms. The van der Waals surface area contributed by atoms with E-state index in [-0.39, 0.29) is 0 Å². The molecule has 2 aliphatic rings. The second-order valence-corrected chi connectivity index (χ2v) is 5.52. The Balaban J connectivity index is 1.63. The highest BCUT2D eigenvalue weighted by molar-refractivity contribution is 5.26. The normalized spacial score (nSPS) is 32.2. The lowest BCUT2D eigenvalue weighted by molar-refractivity contribution is 0.0927. The minimum Gasteiger partial charge on any atom is -0.490 e. The van der Waals surface area contributed by atoms with E-state index in [1.165, 1.54) is 37.7 Å². The van der Waals surface area contributed by atoms with Crippen LogP contribution < -0.4 is 10.1 Å².